The average Bonchev–Trinajstić information content (AvgIpc) is 2.85. The van der Waals surface area contributed by atoms with Crippen LogP contribution in [0.4, 0.5) is 14.9 Å². The fraction of sp³-hybridized carbons (Fsp3) is 0.429. The second-order valence-corrected chi connectivity index (χ2v) is 5.88. The van der Waals surface area contributed by atoms with Crippen LogP contribution in [0.5, 0.6) is 0 Å². The maximum atomic E-state index is 14.0. The predicted molar refractivity (Wildman–Crippen MR) is 80.5 cm³/mol. The van der Waals surface area contributed by atoms with Crippen molar-refractivity contribution in [2.24, 2.45) is 0 Å². The zero-order valence-electron chi connectivity index (χ0n) is 12.0. The minimum atomic E-state index is -0.564. The van der Waals surface area contributed by atoms with E-state index in [9.17, 15) is 14.0 Å². The van der Waals surface area contributed by atoms with Gasteiger partial charge in [0, 0.05) is 17.6 Å². The number of carbonyl (C=O) groups is 2. The molecule has 0 bridgehead atoms. The Balaban J connectivity index is 2.03. The van der Waals surface area contributed by atoms with E-state index in [2.05, 4.69) is 5.32 Å². The zero-order chi connectivity index (χ0) is 16.1. The van der Waals surface area contributed by atoms with Gasteiger partial charge >= 0.3 is 6.09 Å². The minimum absolute atomic E-state index is 0.0326. The maximum absolute atomic E-state index is 14.0. The molecule has 2 N–H and O–H groups in total. The first-order valence-electron chi connectivity index (χ1n) is 6.77. The van der Waals surface area contributed by atoms with E-state index in [1.165, 1.54) is 29.7 Å². The first kappa shape index (κ1) is 16.6. The number of carbonyl (C=O) groups excluding carboxylic acids is 2. The van der Waals surface area contributed by atoms with Crippen molar-refractivity contribution >= 4 is 29.4 Å². The number of ether oxygens (including phenoxy) is 1. The summed E-state index contributed by atoms with van der Waals surface area (Å²) in [5.74, 6) is -0.249. The van der Waals surface area contributed by atoms with Crippen LogP contribution in [0.2, 0.25) is 0 Å². The Hall–Kier alpha value is -1.80. The molecule has 1 fully saturated rings. The number of aliphatic hydroxyl groups is 1. The average molecular weight is 328 g/mol. The maximum Gasteiger partial charge on any atom is 0.414 e. The molecule has 0 aliphatic carbocycles. The molecule has 2 rings (SSSR count). The summed E-state index contributed by atoms with van der Waals surface area (Å²) in [4.78, 5) is 24.4. The van der Waals surface area contributed by atoms with Gasteiger partial charge in [-0.15, -0.1) is 11.8 Å². The van der Waals surface area contributed by atoms with E-state index in [1.807, 2.05) is 0 Å². The van der Waals surface area contributed by atoms with Crippen LogP contribution < -0.4 is 10.2 Å². The molecule has 1 saturated heterocycles. The molecule has 120 valence electrons. The molecule has 0 saturated carbocycles. The highest BCUT2D eigenvalue weighted by atomic mass is 32.2. The number of rotatable bonds is 6. The Bertz CT molecular complexity index is 570. The van der Waals surface area contributed by atoms with Gasteiger partial charge in [-0.1, -0.05) is 0 Å². The van der Waals surface area contributed by atoms with Crippen molar-refractivity contribution in [2.45, 2.75) is 17.9 Å². The van der Waals surface area contributed by atoms with Gasteiger partial charge in [0.2, 0.25) is 5.91 Å². The Morgan fingerprint density at radius 1 is 1.59 bits per heavy atom. The molecule has 22 heavy (non-hydrogen) atoms. The van der Waals surface area contributed by atoms with Gasteiger partial charge in [0.1, 0.15) is 11.9 Å². The van der Waals surface area contributed by atoms with Gasteiger partial charge in [-0.05, 0) is 18.2 Å². The molecule has 6 nitrogen and oxygen atoms in total. The molecule has 1 aromatic carbocycles. The van der Waals surface area contributed by atoms with Crippen LogP contribution in [0.15, 0.2) is 23.1 Å². The highest BCUT2D eigenvalue weighted by molar-refractivity contribution is 7.99. The van der Waals surface area contributed by atoms with Crippen LogP contribution in [-0.2, 0) is 9.53 Å². The van der Waals surface area contributed by atoms with E-state index in [-0.39, 0.29) is 25.6 Å². The summed E-state index contributed by atoms with van der Waals surface area (Å²) in [5.41, 5.74) is 0.404. The Kier molecular flexibility index (Phi) is 5.62. The van der Waals surface area contributed by atoms with Crippen molar-refractivity contribution in [3.63, 3.8) is 0 Å². The van der Waals surface area contributed by atoms with Crippen LogP contribution in [-0.4, -0.2) is 48.7 Å². The zero-order valence-corrected chi connectivity index (χ0v) is 12.9. The normalized spacial score (nSPS) is 17.5. The second-order valence-electron chi connectivity index (χ2n) is 4.74. The Morgan fingerprint density at radius 3 is 3.00 bits per heavy atom. The fourth-order valence-corrected chi connectivity index (χ4v) is 2.70. The summed E-state index contributed by atoms with van der Waals surface area (Å²) in [5, 5.41) is 11.3. The number of hydrogen-bond donors (Lipinski definition) is 2. The molecule has 0 radical (unpaired) electrons. The highest BCUT2D eigenvalue weighted by Crippen LogP contribution is 2.28. The van der Waals surface area contributed by atoms with E-state index < -0.39 is 18.0 Å². The van der Waals surface area contributed by atoms with Crippen molar-refractivity contribution < 1.29 is 23.8 Å². The molecule has 1 aliphatic rings. The second kappa shape index (κ2) is 7.46. The van der Waals surface area contributed by atoms with Gasteiger partial charge in [0.15, 0.2) is 0 Å². The van der Waals surface area contributed by atoms with Gasteiger partial charge in [-0.3, -0.25) is 9.69 Å². The van der Waals surface area contributed by atoms with E-state index in [0.717, 1.165) is 0 Å². The van der Waals surface area contributed by atoms with Gasteiger partial charge in [0.05, 0.1) is 25.4 Å². The topological polar surface area (TPSA) is 78.9 Å². The fourth-order valence-electron chi connectivity index (χ4n) is 2.03. The van der Waals surface area contributed by atoms with Crippen molar-refractivity contribution in [3.05, 3.63) is 24.0 Å². The van der Waals surface area contributed by atoms with Crippen LogP contribution in [0.1, 0.15) is 6.92 Å². The number of amides is 2. The molecule has 0 aromatic heterocycles. The number of nitrogens with zero attached hydrogens (tertiary/aromatic N) is 1. The number of aliphatic hydroxyl groups excluding tert-OH is 1. The van der Waals surface area contributed by atoms with Gasteiger partial charge in [-0.25, -0.2) is 9.18 Å². The summed E-state index contributed by atoms with van der Waals surface area (Å²) in [6.45, 7) is 1.83. The lowest BCUT2D eigenvalue weighted by Crippen LogP contribution is -2.33. The van der Waals surface area contributed by atoms with Crippen LogP contribution >= 0.6 is 11.8 Å². The van der Waals surface area contributed by atoms with Crippen LogP contribution in [0, 0.1) is 5.82 Å². The van der Waals surface area contributed by atoms with E-state index >= 15 is 0 Å². The Morgan fingerprint density at radius 2 is 2.36 bits per heavy atom. The molecule has 0 unspecified atom stereocenters. The lowest BCUT2D eigenvalue weighted by molar-refractivity contribution is -0.119. The molecular formula is C14H17FN2O4S. The number of hydrogen-bond acceptors (Lipinski definition) is 5. The number of anilines is 1. The summed E-state index contributed by atoms with van der Waals surface area (Å²) < 4.78 is 19.1. The van der Waals surface area contributed by atoms with E-state index in [1.54, 1.807) is 12.1 Å². The number of cyclic esters (lactones) is 1. The van der Waals surface area contributed by atoms with Crippen molar-refractivity contribution in [3.8, 4) is 0 Å². The Labute approximate surface area is 131 Å². The number of halogens is 1. The number of nitrogens with one attached hydrogen (secondary N) is 1. The van der Waals surface area contributed by atoms with Crippen molar-refractivity contribution in [1.82, 2.24) is 5.32 Å². The van der Waals surface area contributed by atoms with Crippen LogP contribution in [0.3, 0.4) is 0 Å². The molecule has 1 atom stereocenters. The van der Waals surface area contributed by atoms with Crippen molar-refractivity contribution in [1.29, 1.82) is 0 Å². The molecule has 2 amide bonds. The SMILES string of the molecule is CC(=O)NC[C@H]1CN(c2ccc(SCCO)c(F)c2)C(=O)O1. The summed E-state index contributed by atoms with van der Waals surface area (Å²) >= 11 is 1.20. The quantitative estimate of drug-likeness (QED) is 0.771. The summed E-state index contributed by atoms with van der Waals surface area (Å²) in [6, 6.07) is 4.46. The third-order valence-corrected chi connectivity index (χ3v) is 4.06. The standard InChI is InChI=1S/C14H17FN2O4S/c1-9(19)16-7-11-8-17(14(20)21-11)10-2-3-13(12(15)6-10)22-5-4-18/h2-3,6,11,18H,4-5,7-8H2,1H3,(H,16,19)/t11-/m0/s1. The minimum Gasteiger partial charge on any atom is -0.442 e. The largest absolute Gasteiger partial charge is 0.442 e. The summed E-state index contributed by atoms with van der Waals surface area (Å²) in [7, 11) is 0. The number of benzene rings is 1. The molecular weight excluding hydrogens is 311 g/mol. The third kappa shape index (κ3) is 4.11. The van der Waals surface area contributed by atoms with Gasteiger partial charge in [-0.2, -0.15) is 0 Å². The lowest BCUT2D eigenvalue weighted by atomic mass is 10.2. The van der Waals surface area contributed by atoms with Crippen molar-refractivity contribution in [2.75, 3.05) is 30.3 Å². The molecule has 1 aliphatic heterocycles. The first-order valence-corrected chi connectivity index (χ1v) is 7.75. The molecule has 8 heteroatoms. The first-order chi connectivity index (χ1) is 10.5. The third-order valence-electron chi connectivity index (χ3n) is 3.03. The van der Waals surface area contributed by atoms with E-state index in [4.69, 9.17) is 9.84 Å². The van der Waals surface area contributed by atoms with E-state index in [0.29, 0.717) is 16.3 Å². The number of thioether (sulfide) groups is 1. The molecule has 1 aromatic rings. The molecule has 0 spiro atoms. The monoisotopic (exact) mass is 328 g/mol. The lowest BCUT2D eigenvalue weighted by Gasteiger charge is -2.14. The molecule has 1 heterocycles. The summed E-state index contributed by atoms with van der Waals surface area (Å²) in [6.07, 6.45) is -1.02. The highest BCUT2D eigenvalue weighted by Gasteiger charge is 2.32. The predicted octanol–water partition coefficient (Wildman–Crippen LogP) is 1.37. The smallest absolute Gasteiger partial charge is 0.414 e. The van der Waals surface area contributed by atoms with Gasteiger partial charge in [0.25, 0.3) is 0 Å². The van der Waals surface area contributed by atoms with Crippen LogP contribution in [0.25, 0.3) is 0 Å². The van der Waals surface area contributed by atoms with Gasteiger partial charge < -0.3 is 15.2 Å².